The first-order valence-corrected chi connectivity index (χ1v) is 8.28. The topological polar surface area (TPSA) is 106 Å². The fourth-order valence-electron chi connectivity index (χ4n) is 3.78. The van der Waals surface area contributed by atoms with Gasteiger partial charge >= 0.3 is 0 Å². The van der Waals surface area contributed by atoms with Crippen LogP contribution in [0.25, 0.3) is 0 Å². The van der Waals surface area contributed by atoms with Crippen LogP contribution in [-0.2, 0) is 4.79 Å². The highest BCUT2D eigenvalue weighted by Gasteiger charge is 2.51. The van der Waals surface area contributed by atoms with E-state index in [1.807, 2.05) is 24.3 Å². The molecule has 4 unspecified atom stereocenters. The molecule has 2 aromatic carbocycles. The molecule has 0 saturated carbocycles. The van der Waals surface area contributed by atoms with E-state index in [9.17, 15) is 14.9 Å². The molecule has 0 aromatic heterocycles. The van der Waals surface area contributed by atoms with E-state index in [4.69, 9.17) is 4.74 Å². The summed E-state index contributed by atoms with van der Waals surface area (Å²) in [6.07, 6.45) is 0. The molecule has 134 valence electrons. The number of hydrazine groups is 1. The van der Waals surface area contributed by atoms with Gasteiger partial charge in [-0.1, -0.05) is 24.3 Å². The lowest BCUT2D eigenvalue weighted by Crippen LogP contribution is -2.39. The zero-order valence-electron chi connectivity index (χ0n) is 14.0. The predicted octanol–water partition coefficient (Wildman–Crippen LogP) is 1.61. The van der Waals surface area contributed by atoms with Gasteiger partial charge in [0.1, 0.15) is 11.8 Å². The third-order valence-electron chi connectivity index (χ3n) is 5.05. The van der Waals surface area contributed by atoms with Gasteiger partial charge < -0.3 is 10.1 Å². The fourth-order valence-corrected chi connectivity index (χ4v) is 3.78. The van der Waals surface area contributed by atoms with Gasteiger partial charge in [-0.05, 0) is 23.3 Å². The van der Waals surface area contributed by atoms with Gasteiger partial charge in [-0.2, -0.15) is 0 Å². The van der Waals surface area contributed by atoms with Crippen molar-refractivity contribution in [1.29, 1.82) is 0 Å². The number of hydrogen-bond donors (Lipinski definition) is 3. The quantitative estimate of drug-likeness (QED) is 0.569. The Morgan fingerprint density at radius 1 is 1.00 bits per heavy atom. The number of fused-ring (bicyclic) bond motifs is 1. The number of carbonyl (C=O) groups excluding carboxylic acids is 1. The molecule has 26 heavy (non-hydrogen) atoms. The smallest absolute Gasteiger partial charge is 0.269 e. The molecule has 0 bridgehead atoms. The van der Waals surface area contributed by atoms with Crippen LogP contribution >= 0.6 is 0 Å². The Kier molecular flexibility index (Phi) is 4.06. The summed E-state index contributed by atoms with van der Waals surface area (Å²) >= 11 is 0. The van der Waals surface area contributed by atoms with Crippen molar-refractivity contribution in [2.75, 3.05) is 7.11 Å². The average molecular weight is 354 g/mol. The minimum atomic E-state index is -0.433. The number of carbonyl (C=O) groups is 1. The Morgan fingerprint density at radius 2 is 1.73 bits per heavy atom. The summed E-state index contributed by atoms with van der Waals surface area (Å²) in [5.41, 5.74) is 8.16. The lowest BCUT2D eigenvalue weighted by Gasteiger charge is -2.24. The Hall–Kier alpha value is -2.97. The number of ether oxygens (including phenoxy) is 1. The molecule has 2 aliphatic heterocycles. The second kappa shape index (κ2) is 6.40. The van der Waals surface area contributed by atoms with Crippen molar-refractivity contribution < 1.29 is 14.5 Å². The number of nitrogens with zero attached hydrogens (tertiary/aromatic N) is 1. The van der Waals surface area contributed by atoms with Crippen molar-refractivity contribution in [1.82, 2.24) is 16.2 Å². The standard InChI is InChI=1S/C18H18N4O4/c1-26-13-4-2-3-11(9-13)16-14-15(19-18(23)17(14)21-20-16)10-5-7-12(8-6-10)22(24)25/h2-9,14-17,20-21H,1H3,(H,19,23). The fraction of sp³-hybridized carbons (Fsp3) is 0.278. The van der Waals surface area contributed by atoms with Gasteiger partial charge in [-0.3, -0.25) is 14.9 Å². The van der Waals surface area contributed by atoms with Gasteiger partial charge in [-0.15, -0.1) is 0 Å². The van der Waals surface area contributed by atoms with Crippen molar-refractivity contribution >= 4 is 11.6 Å². The molecule has 8 nitrogen and oxygen atoms in total. The summed E-state index contributed by atoms with van der Waals surface area (Å²) in [7, 11) is 1.61. The number of nitro benzene ring substituents is 1. The van der Waals surface area contributed by atoms with Crippen molar-refractivity contribution in [2.24, 2.45) is 5.92 Å². The molecule has 3 N–H and O–H groups in total. The molecule has 8 heteroatoms. The molecule has 0 radical (unpaired) electrons. The maximum absolute atomic E-state index is 12.4. The summed E-state index contributed by atoms with van der Waals surface area (Å²) in [6.45, 7) is 0. The molecule has 2 heterocycles. The molecule has 1 amide bonds. The number of nitro groups is 1. The summed E-state index contributed by atoms with van der Waals surface area (Å²) in [4.78, 5) is 22.8. The Labute approximate surface area is 149 Å². The number of benzene rings is 2. The summed E-state index contributed by atoms with van der Waals surface area (Å²) < 4.78 is 5.30. The summed E-state index contributed by atoms with van der Waals surface area (Å²) in [6, 6.07) is 13.3. The van der Waals surface area contributed by atoms with E-state index in [-0.39, 0.29) is 35.6 Å². The van der Waals surface area contributed by atoms with Crippen LogP contribution in [0.1, 0.15) is 23.2 Å². The van der Waals surface area contributed by atoms with E-state index in [0.29, 0.717) is 0 Å². The van der Waals surface area contributed by atoms with Crippen LogP contribution in [0.3, 0.4) is 0 Å². The Balaban J connectivity index is 1.67. The number of rotatable bonds is 4. The van der Waals surface area contributed by atoms with Crippen LogP contribution in [0.5, 0.6) is 5.75 Å². The molecule has 2 fully saturated rings. The van der Waals surface area contributed by atoms with Crippen molar-refractivity contribution in [2.45, 2.75) is 18.1 Å². The van der Waals surface area contributed by atoms with E-state index in [1.165, 1.54) is 12.1 Å². The molecule has 4 rings (SSSR count). The molecule has 2 saturated heterocycles. The van der Waals surface area contributed by atoms with Crippen molar-refractivity contribution in [3.8, 4) is 5.75 Å². The normalized spacial score (nSPS) is 27.0. The van der Waals surface area contributed by atoms with E-state index in [0.717, 1.165) is 16.9 Å². The minimum Gasteiger partial charge on any atom is -0.497 e. The van der Waals surface area contributed by atoms with E-state index >= 15 is 0 Å². The summed E-state index contributed by atoms with van der Waals surface area (Å²) in [5.74, 6) is 0.587. The third-order valence-corrected chi connectivity index (χ3v) is 5.05. The average Bonchev–Trinajstić information content (AvgIpc) is 3.23. The number of amides is 1. The van der Waals surface area contributed by atoms with Gasteiger partial charge in [0.25, 0.3) is 5.69 Å². The van der Waals surface area contributed by atoms with E-state index in [1.54, 1.807) is 19.2 Å². The lowest BCUT2D eigenvalue weighted by molar-refractivity contribution is -0.384. The molecular formula is C18H18N4O4. The third kappa shape index (κ3) is 2.69. The van der Waals surface area contributed by atoms with Crippen molar-refractivity contribution in [3.63, 3.8) is 0 Å². The van der Waals surface area contributed by atoms with Gasteiger partial charge in [0.15, 0.2) is 0 Å². The molecule has 2 aromatic rings. The van der Waals surface area contributed by atoms with Gasteiger partial charge in [0.2, 0.25) is 5.91 Å². The lowest BCUT2D eigenvalue weighted by atomic mass is 9.83. The highest BCUT2D eigenvalue weighted by molar-refractivity contribution is 5.86. The minimum absolute atomic E-state index is 0.0293. The number of non-ortho nitro benzene ring substituents is 1. The van der Waals surface area contributed by atoms with E-state index in [2.05, 4.69) is 16.2 Å². The predicted molar refractivity (Wildman–Crippen MR) is 93.3 cm³/mol. The maximum Gasteiger partial charge on any atom is 0.269 e. The van der Waals surface area contributed by atoms with Crippen LogP contribution < -0.4 is 20.9 Å². The van der Waals surface area contributed by atoms with Crippen LogP contribution in [0.4, 0.5) is 5.69 Å². The van der Waals surface area contributed by atoms with Crippen LogP contribution in [0.15, 0.2) is 48.5 Å². The monoisotopic (exact) mass is 354 g/mol. The van der Waals surface area contributed by atoms with Gasteiger partial charge in [-0.25, -0.2) is 10.9 Å². The first-order chi connectivity index (χ1) is 12.6. The van der Waals surface area contributed by atoms with E-state index < -0.39 is 4.92 Å². The number of methoxy groups -OCH3 is 1. The number of nitrogens with one attached hydrogen (secondary N) is 3. The van der Waals surface area contributed by atoms with Crippen LogP contribution in [-0.4, -0.2) is 24.0 Å². The second-order valence-electron chi connectivity index (χ2n) is 6.43. The maximum atomic E-state index is 12.4. The van der Waals surface area contributed by atoms with Crippen LogP contribution in [0, 0.1) is 16.0 Å². The molecular weight excluding hydrogens is 336 g/mol. The first kappa shape index (κ1) is 16.5. The van der Waals surface area contributed by atoms with Crippen LogP contribution in [0.2, 0.25) is 0 Å². The molecule has 4 atom stereocenters. The van der Waals surface area contributed by atoms with Gasteiger partial charge in [0, 0.05) is 18.1 Å². The second-order valence-corrected chi connectivity index (χ2v) is 6.43. The SMILES string of the molecule is COc1cccc(C2NNC3C(=O)NC(c4ccc([N+](=O)[O-])cc4)C32)c1. The largest absolute Gasteiger partial charge is 0.497 e. The highest BCUT2D eigenvalue weighted by Crippen LogP contribution is 2.42. The number of hydrogen-bond acceptors (Lipinski definition) is 6. The molecule has 0 aliphatic carbocycles. The Bertz CT molecular complexity index is 855. The Morgan fingerprint density at radius 3 is 2.42 bits per heavy atom. The zero-order valence-corrected chi connectivity index (χ0v) is 14.0. The first-order valence-electron chi connectivity index (χ1n) is 8.28. The zero-order chi connectivity index (χ0) is 18.3. The van der Waals surface area contributed by atoms with Gasteiger partial charge in [0.05, 0.1) is 24.1 Å². The molecule has 0 spiro atoms. The summed E-state index contributed by atoms with van der Waals surface area (Å²) in [5, 5.41) is 13.9. The molecule has 2 aliphatic rings. The highest BCUT2D eigenvalue weighted by atomic mass is 16.6. The van der Waals surface area contributed by atoms with Crippen molar-refractivity contribution in [3.05, 3.63) is 69.8 Å².